The van der Waals surface area contributed by atoms with E-state index in [-0.39, 0.29) is 0 Å². The number of morpholine rings is 2. The van der Waals surface area contributed by atoms with Crippen molar-refractivity contribution in [2.24, 2.45) is 0 Å². The van der Waals surface area contributed by atoms with Crippen LogP contribution in [0, 0.1) is 0 Å². The summed E-state index contributed by atoms with van der Waals surface area (Å²) in [6, 6.07) is 16.5. The van der Waals surface area contributed by atoms with Crippen molar-refractivity contribution in [3.8, 4) is 0 Å². The van der Waals surface area contributed by atoms with Crippen molar-refractivity contribution in [3.05, 3.63) is 58.5 Å². The molecule has 2 atom stereocenters. The molecule has 0 aliphatic carbocycles. The van der Waals surface area contributed by atoms with Gasteiger partial charge in [0, 0.05) is 26.2 Å². The molecule has 2 aromatic heterocycles. The van der Waals surface area contributed by atoms with Gasteiger partial charge in [-0.1, -0.05) is 24.3 Å². The summed E-state index contributed by atoms with van der Waals surface area (Å²) in [7, 11) is 3.41. The van der Waals surface area contributed by atoms with E-state index in [2.05, 4.69) is 47.0 Å². The first kappa shape index (κ1) is 21.3. The Hall–Kier alpha value is -1.24. The molecule has 0 saturated carbocycles. The molecule has 166 valence electrons. The molecule has 0 bridgehead atoms. The summed E-state index contributed by atoms with van der Waals surface area (Å²) in [5, 5.41) is 9.02. The SMILES string of the molecule is c1ccc2sc(C3(SSC4(c5nc6ccccc6s5)CNCCO4)CNCCO3)nc2c1. The van der Waals surface area contributed by atoms with E-state index in [1.165, 1.54) is 9.40 Å². The van der Waals surface area contributed by atoms with E-state index in [1.54, 1.807) is 44.3 Å². The van der Waals surface area contributed by atoms with Gasteiger partial charge in [0.25, 0.3) is 0 Å². The zero-order valence-electron chi connectivity index (χ0n) is 17.2. The van der Waals surface area contributed by atoms with Crippen LogP contribution in [-0.2, 0) is 19.3 Å². The number of nitrogens with zero attached hydrogens (tertiary/aromatic N) is 2. The molecular weight excluding hydrogens is 481 g/mol. The lowest BCUT2D eigenvalue weighted by Crippen LogP contribution is -2.47. The summed E-state index contributed by atoms with van der Waals surface area (Å²) in [4.78, 5) is 8.76. The third-order valence-electron chi connectivity index (χ3n) is 5.49. The summed E-state index contributed by atoms with van der Waals surface area (Å²) in [6.07, 6.45) is 0. The van der Waals surface area contributed by atoms with Crippen LogP contribution in [0.4, 0.5) is 0 Å². The van der Waals surface area contributed by atoms with Crippen LogP contribution in [0.1, 0.15) is 10.0 Å². The van der Waals surface area contributed by atoms with Crippen molar-refractivity contribution in [1.29, 1.82) is 0 Å². The molecule has 4 aromatic rings. The summed E-state index contributed by atoms with van der Waals surface area (Å²) in [5.41, 5.74) is 2.03. The van der Waals surface area contributed by atoms with Gasteiger partial charge in [-0.25, -0.2) is 9.97 Å². The highest BCUT2D eigenvalue weighted by atomic mass is 33.1. The maximum atomic E-state index is 6.45. The molecule has 2 aliphatic heterocycles. The molecule has 10 heteroatoms. The van der Waals surface area contributed by atoms with E-state index < -0.39 is 9.87 Å². The van der Waals surface area contributed by atoms with Crippen LogP contribution in [0.15, 0.2) is 48.5 Å². The average Bonchev–Trinajstić information content (AvgIpc) is 3.49. The van der Waals surface area contributed by atoms with Gasteiger partial charge < -0.3 is 20.1 Å². The standard InChI is InChI=1S/C22H22N4O2S4/c1-3-7-17-15(5-1)25-19(29-17)21(13-23-9-11-27-21)31-32-22(14-24-10-12-28-22)20-26-16-6-2-4-8-18(16)30-20/h1-8,23-24H,9-14H2. The van der Waals surface area contributed by atoms with Crippen molar-refractivity contribution in [2.45, 2.75) is 9.87 Å². The maximum absolute atomic E-state index is 6.45. The number of hydrogen-bond acceptors (Lipinski definition) is 10. The number of thiazole rings is 2. The minimum absolute atomic E-state index is 0.572. The Morgan fingerprint density at radius 1 is 0.719 bits per heavy atom. The van der Waals surface area contributed by atoms with Gasteiger partial charge >= 0.3 is 0 Å². The number of fused-ring (bicyclic) bond motifs is 2. The number of nitrogens with one attached hydrogen (secondary N) is 2. The van der Waals surface area contributed by atoms with Crippen LogP contribution < -0.4 is 10.6 Å². The first-order valence-corrected chi connectivity index (χ1v) is 14.3. The number of aromatic nitrogens is 2. The molecule has 2 fully saturated rings. The second-order valence-electron chi connectivity index (χ2n) is 7.70. The Balaban J connectivity index is 1.35. The smallest absolute Gasteiger partial charge is 0.187 e. The van der Waals surface area contributed by atoms with Gasteiger partial charge in [-0.15, -0.1) is 22.7 Å². The fourth-order valence-corrected chi connectivity index (χ4v) is 9.68. The van der Waals surface area contributed by atoms with Gasteiger partial charge in [-0.2, -0.15) is 0 Å². The van der Waals surface area contributed by atoms with Crippen molar-refractivity contribution < 1.29 is 9.47 Å². The van der Waals surface area contributed by atoms with E-state index in [0.29, 0.717) is 26.3 Å². The average molecular weight is 503 g/mol. The molecular formula is C22H22N4O2S4. The third-order valence-corrected chi connectivity index (χ3v) is 11.5. The Morgan fingerprint density at radius 2 is 1.19 bits per heavy atom. The zero-order chi connectivity index (χ0) is 21.4. The Morgan fingerprint density at radius 3 is 1.59 bits per heavy atom. The van der Waals surface area contributed by atoms with Gasteiger partial charge in [-0.05, 0) is 45.9 Å². The van der Waals surface area contributed by atoms with Gasteiger partial charge in [0.15, 0.2) is 9.87 Å². The van der Waals surface area contributed by atoms with Crippen molar-refractivity contribution in [1.82, 2.24) is 20.6 Å². The Bertz CT molecular complexity index is 1070. The van der Waals surface area contributed by atoms with Gasteiger partial charge in [0.05, 0.1) is 33.6 Å². The molecule has 32 heavy (non-hydrogen) atoms. The maximum Gasteiger partial charge on any atom is 0.187 e. The predicted molar refractivity (Wildman–Crippen MR) is 135 cm³/mol. The number of hydrogen-bond donors (Lipinski definition) is 2. The van der Waals surface area contributed by atoms with Crippen molar-refractivity contribution in [2.75, 3.05) is 39.4 Å². The predicted octanol–water partition coefficient (Wildman–Crippen LogP) is 4.53. The topological polar surface area (TPSA) is 68.3 Å². The van der Waals surface area contributed by atoms with Crippen molar-refractivity contribution >= 4 is 64.7 Å². The summed E-state index contributed by atoms with van der Waals surface area (Å²) in [5.74, 6) is 0. The highest BCUT2D eigenvalue weighted by Gasteiger charge is 2.46. The van der Waals surface area contributed by atoms with Crippen LogP contribution in [-0.4, -0.2) is 49.4 Å². The molecule has 0 radical (unpaired) electrons. The summed E-state index contributed by atoms with van der Waals surface area (Å²) < 4.78 is 15.3. The van der Waals surface area contributed by atoms with Crippen LogP contribution in [0.3, 0.4) is 0 Å². The number of benzene rings is 2. The van der Waals surface area contributed by atoms with Gasteiger partial charge in [0.2, 0.25) is 0 Å². The monoisotopic (exact) mass is 502 g/mol. The molecule has 2 N–H and O–H groups in total. The van der Waals surface area contributed by atoms with Crippen molar-refractivity contribution in [3.63, 3.8) is 0 Å². The molecule has 2 aromatic carbocycles. The van der Waals surface area contributed by atoms with Gasteiger partial charge in [-0.3, -0.25) is 0 Å². The lowest BCUT2D eigenvalue weighted by molar-refractivity contribution is -0.00353. The van der Waals surface area contributed by atoms with Gasteiger partial charge in [0.1, 0.15) is 10.0 Å². The number of rotatable bonds is 5. The quantitative estimate of drug-likeness (QED) is 0.386. The summed E-state index contributed by atoms with van der Waals surface area (Å²) in [6.45, 7) is 4.40. The molecule has 6 rings (SSSR count). The minimum Gasteiger partial charge on any atom is -0.354 e. The largest absolute Gasteiger partial charge is 0.354 e. The van der Waals surface area contributed by atoms with E-state index in [0.717, 1.165) is 34.1 Å². The minimum atomic E-state index is -0.572. The van der Waals surface area contributed by atoms with Crippen LogP contribution in [0.25, 0.3) is 20.4 Å². The van der Waals surface area contributed by atoms with Crippen LogP contribution in [0.5, 0.6) is 0 Å². The molecule has 2 unspecified atom stereocenters. The molecule has 4 heterocycles. The van der Waals surface area contributed by atoms with Crippen LogP contribution in [0.2, 0.25) is 0 Å². The van der Waals surface area contributed by atoms with E-state index in [1.807, 2.05) is 12.1 Å². The Kier molecular flexibility index (Phi) is 5.89. The first-order valence-electron chi connectivity index (χ1n) is 10.5. The first-order chi connectivity index (χ1) is 15.8. The third kappa shape index (κ3) is 3.86. The lowest BCUT2D eigenvalue weighted by atomic mass is 10.3. The molecule has 0 spiro atoms. The fraction of sp³-hybridized carbons (Fsp3) is 0.364. The number of ether oxygens (including phenoxy) is 2. The molecule has 2 saturated heterocycles. The highest BCUT2D eigenvalue weighted by molar-refractivity contribution is 8.77. The normalized spacial score (nSPS) is 26.6. The molecule has 0 amide bonds. The van der Waals surface area contributed by atoms with Crippen LogP contribution >= 0.6 is 44.3 Å². The highest BCUT2D eigenvalue weighted by Crippen LogP contribution is 2.56. The molecule has 2 aliphatic rings. The lowest BCUT2D eigenvalue weighted by Gasteiger charge is -2.40. The number of para-hydroxylation sites is 2. The van der Waals surface area contributed by atoms with E-state index >= 15 is 0 Å². The van der Waals surface area contributed by atoms with E-state index in [9.17, 15) is 0 Å². The molecule has 6 nitrogen and oxygen atoms in total. The second-order valence-corrected chi connectivity index (χ2v) is 12.4. The Labute approximate surface area is 201 Å². The van der Waals surface area contributed by atoms with E-state index in [4.69, 9.17) is 19.4 Å². The zero-order valence-corrected chi connectivity index (χ0v) is 20.5. The fourth-order valence-electron chi connectivity index (χ4n) is 3.84. The summed E-state index contributed by atoms with van der Waals surface area (Å²) >= 11 is 3.42. The second kappa shape index (κ2) is 8.84.